The fourth-order valence-electron chi connectivity index (χ4n) is 2.81. The van der Waals surface area contributed by atoms with Crippen molar-refractivity contribution in [2.24, 2.45) is 0 Å². The zero-order chi connectivity index (χ0) is 13.9. The SMILES string of the molecule is COC(=O)c1nc(CC2CCCCN2)n2ccccc12. The van der Waals surface area contributed by atoms with Crippen molar-refractivity contribution in [2.75, 3.05) is 13.7 Å². The molecule has 1 N–H and O–H groups in total. The maximum Gasteiger partial charge on any atom is 0.358 e. The number of nitrogens with one attached hydrogen (secondary N) is 1. The molecule has 2 aromatic rings. The molecule has 3 heterocycles. The van der Waals surface area contributed by atoms with Gasteiger partial charge < -0.3 is 14.5 Å². The largest absolute Gasteiger partial charge is 0.464 e. The molecule has 2 aromatic heterocycles. The monoisotopic (exact) mass is 273 g/mol. The summed E-state index contributed by atoms with van der Waals surface area (Å²) in [6.45, 7) is 1.07. The molecule has 0 bridgehead atoms. The van der Waals surface area contributed by atoms with Gasteiger partial charge in [0.1, 0.15) is 5.82 Å². The molecule has 1 aliphatic heterocycles. The predicted molar refractivity (Wildman–Crippen MR) is 75.9 cm³/mol. The van der Waals surface area contributed by atoms with Gasteiger partial charge in [-0.05, 0) is 31.5 Å². The Morgan fingerprint density at radius 2 is 2.40 bits per heavy atom. The van der Waals surface area contributed by atoms with Crippen molar-refractivity contribution in [2.45, 2.75) is 31.7 Å². The van der Waals surface area contributed by atoms with E-state index >= 15 is 0 Å². The Balaban J connectivity index is 1.95. The van der Waals surface area contributed by atoms with Crippen LogP contribution in [0.3, 0.4) is 0 Å². The second-order valence-corrected chi connectivity index (χ2v) is 5.18. The molecular weight excluding hydrogens is 254 g/mol. The Bertz CT molecular complexity index is 615. The van der Waals surface area contributed by atoms with Crippen LogP contribution < -0.4 is 5.32 Å². The predicted octanol–water partition coefficient (Wildman–Crippen LogP) is 1.81. The minimum Gasteiger partial charge on any atom is -0.464 e. The third kappa shape index (κ3) is 2.41. The summed E-state index contributed by atoms with van der Waals surface area (Å²) in [6, 6.07) is 6.21. The van der Waals surface area contributed by atoms with Gasteiger partial charge in [-0.25, -0.2) is 9.78 Å². The molecule has 1 fully saturated rings. The van der Waals surface area contributed by atoms with Gasteiger partial charge in [0.15, 0.2) is 5.69 Å². The fourth-order valence-corrected chi connectivity index (χ4v) is 2.81. The van der Waals surface area contributed by atoms with E-state index in [0.717, 1.165) is 30.7 Å². The number of piperidine rings is 1. The molecule has 5 nitrogen and oxygen atoms in total. The number of rotatable bonds is 3. The first-order chi connectivity index (χ1) is 9.79. The number of pyridine rings is 1. The Morgan fingerprint density at radius 3 is 3.15 bits per heavy atom. The maximum atomic E-state index is 11.8. The second-order valence-electron chi connectivity index (χ2n) is 5.18. The average molecular weight is 273 g/mol. The van der Waals surface area contributed by atoms with E-state index < -0.39 is 0 Å². The lowest BCUT2D eigenvalue weighted by Gasteiger charge is -2.22. The number of fused-ring (bicyclic) bond motifs is 1. The highest BCUT2D eigenvalue weighted by atomic mass is 16.5. The molecular formula is C15H19N3O2. The van der Waals surface area contributed by atoms with Crippen LogP contribution in [0.15, 0.2) is 24.4 Å². The van der Waals surface area contributed by atoms with Crippen LogP contribution in [0.5, 0.6) is 0 Å². The number of imidazole rings is 1. The highest BCUT2D eigenvalue weighted by molar-refractivity contribution is 5.95. The smallest absolute Gasteiger partial charge is 0.358 e. The molecule has 0 spiro atoms. The number of carbonyl (C=O) groups is 1. The van der Waals surface area contributed by atoms with Crippen LogP contribution in [0.1, 0.15) is 35.6 Å². The molecule has 0 amide bonds. The summed E-state index contributed by atoms with van der Waals surface area (Å²) in [7, 11) is 1.39. The molecule has 0 aromatic carbocycles. The number of hydrogen-bond acceptors (Lipinski definition) is 4. The normalized spacial score (nSPS) is 19.1. The van der Waals surface area contributed by atoms with Crippen LogP contribution in [0.4, 0.5) is 0 Å². The molecule has 5 heteroatoms. The number of nitrogens with zero attached hydrogens (tertiary/aromatic N) is 2. The molecule has 20 heavy (non-hydrogen) atoms. The van der Waals surface area contributed by atoms with Gasteiger partial charge in [0.2, 0.25) is 0 Å². The Morgan fingerprint density at radius 1 is 1.50 bits per heavy atom. The van der Waals surface area contributed by atoms with E-state index in [1.54, 1.807) is 0 Å². The zero-order valence-corrected chi connectivity index (χ0v) is 11.6. The van der Waals surface area contributed by atoms with Gasteiger partial charge in [-0.3, -0.25) is 0 Å². The molecule has 1 saturated heterocycles. The Kier molecular flexibility index (Phi) is 3.69. The fraction of sp³-hybridized carbons (Fsp3) is 0.467. The summed E-state index contributed by atoms with van der Waals surface area (Å²) in [5.41, 5.74) is 1.21. The minimum absolute atomic E-state index is 0.378. The summed E-state index contributed by atoms with van der Waals surface area (Å²) < 4.78 is 6.81. The number of carbonyl (C=O) groups excluding carboxylic acids is 1. The third-order valence-electron chi connectivity index (χ3n) is 3.84. The molecule has 0 saturated carbocycles. The number of ether oxygens (including phenoxy) is 1. The number of aromatic nitrogens is 2. The summed E-state index contributed by atoms with van der Waals surface area (Å²) in [6.07, 6.45) is 6.45. The molecule has 1 aliphatic rings. The highest BCUT2D eigenvalue weighted by Gasteiger charge is 2.21. The van der Waals surface area contributed by atoms with Crippen molar-refractivity contribution in [1.29, 1.82) is 0 Å². The van der Waals surface area contributed by atoms with E-state index in [-0.39, 0.29) is 5.97 Å². The van der Waals surface area contributed by atoms with Gasteiger partial charge in [-0.15, -0.1) is 0 Å². The standard InChI is InChI=1S/C15H19N3O2/c1-20-15(19)14-12-7-3-5-9-18(12)13(17-14)10-11-6-2-4-8-16-11/h3,5,7,9,11,16H,2,4,6,8,10H2,1H3. The summed E-state index contributed by atoms with van der Waals surface area (Å²) >= 11 is 0. The maximum absolute atomic E-state index is 11.8. The van der Waals surface area contributed by atoms with Crippen LogP contribution in [0.25, 0.3) is 5.52 Å². The van der Waals surface area contributed by atoms with Gasteiger partial charge >= 0.3 is 5.97 Å². The van der Waals surface area contributed by atoms with Crippen LogP contribution >= 0.6 is 0 Å². The molecule has 106 valence electrons. The third-order valence-corrected chi connectivity index (χ3v) is 3.84. The van der Waals surface area contributed by atoms with Gasteiger partial charge in [0.05, 0.1) is 12.6 Å². The lowest BCUT2D eigenvalue weighted by atomic mass is 10.0. The van der Waals surface area contributed by atoms with Crippen molar-refractivity contribution in [1.82, 2.24) is 14.7 Å². The van der Waals surface area contributed by atoms with E-state index in [1.807, 2.05) is 28.8 Å². The number of hydrogen-bond donors (Lipinski definition) is 1. The van der Waals surface area contributed by atoms with Crippen LogP contribution in [0, 0.1) is 0 Å². The first-order valence-electron chi connectivity index (χ1n) is 7.07. The van der Waals surface area contributed by atoms with Gasteiger partial charge in [-0.2, -0.15) is 0 Å². The van der Waals surface area contributed by atoms with Crippen molar-refractivity contribution < 1.29 is 9.53 Å². The van der Waals surface area contributed by atoms with Gasteiger partial charge in [0, 0.05) is 18.7 Å². The van der Waals surface area contributed by atoms with Crippen LogP contribution in [0.2, 0.25) is 0 Å². The quantitative estimate of drug-likeness (QED) is 0.867. The first-order valence-corrected chi connectivity index (χ1v) is 7.07. The second kappa shape index (κ2) is 5.63. The molecule has 1 unspecified atom stereocenters. The summed E-state index contributed by atoms with van der Waals surface area (Å²) in [4.78, 5) is 16.3. The van der Waals surface area contributed by atoms with Gasteiger partial charge in [0.25, 0.3) is 0 Å². The van der Waals surface area contributed by atoms with Crippen molar-refractivity contribution in [3.63, 3.8) is 0 Å². The van der Waals surface area contributed by atoms with Crippen molar-refractivity contribution in [3.8, 4) is 0 Å². The van der Waals surface area contributed by atoms with E-state index in [2.05, 4.69) is 10.3 Å². The lowest BCUT2D eigenvalue weighted by Crippen LogP contribution is -2.36. The van der Waals surface area contributed by atoms with Gasteiger partial charge in [-0.1, -0.05) is 12.5 Å². The summed E-state index contributed by atoms with van der Waals surface area (Å²) in [5.74, 6) is 0.539. The molecule has 1 atom stereocenters. The minimum atomic E-state index is -0.378. The molecule has 0 radical (unpaired) electrons. The highest BCUT2D eigenvalue weighted by Crippen LogP contribution is 2.17. The summed E-state index contributed by atoms with van der Waals surface area (Å²) in [5, 5.41) is 3.52. The van der Waals surface area contributed by atoms with Crippen LogP contribution in [-0.2, 0) is 11.2 Å². The van der Waals surface area contributed by atoms with E-state index in [1.165, 1.54) is 20.0 Å². The molecule has 0 aliphatic carbocycles. The van der Waals surface area contributed by atoms with E-state index in [0.29, 0.717) is 11.7 Å². The lowest BCUT2D eigenvalue weighted by molar-refractivity contribution is 0.0596. The van der Waals surface area contributed by atoms with Crippen LogP contribution in [-0.4, -0.2) is 35.1 Å². The van der Waals surface area contributed by atoms with E-state index in [9.17, 15) is 4.79 Å². The number of esters is 1. The van der Waals surface area contributed by atoms with Crippen molar-refractivity contribution in [3.05, 3.63) is 35.9 Å². The Hall–Kier alpha value is -1.88. The average Bonchev–Trinajstić information content (AvgIpc) is 2.87. The van der Waals surface area contributed by atoms with Crippen molar-refractivity contribution >= 4 is 11.5 Å². The topological polar surface area (TPSA) is 55.6 Å². The van der Waals surface area contributed by atoms with E-state index in [4.69, 9.17) is 4.74 Å². The zero-order valence-electron chi connectivity index (χ0n) is 11.6. The first kappa shape index (κ1) is 13.1. The Labute approximate surface area is 118 Å². The molecule has 3 rings (SSSR count). The number of methoxy groups -OCH3 is 1.